The Morgan fingerprint density at radius 1 is 1.79 bits per heavy atom. The second-order valence-corrected chi connectivity index (χ2v) is 3.25. The molecule has 1 rings (SSSR count). The topological polar surface area (TPSA) is 81.1 Å². The summed E-state index contributed by atoms with van der Waals surface area (Å²) in [5.41, 5.74) is 7.24. The number of rotatable bonds is 4. The van der Waals surface area contributed by atoms with Gasteiger partial charge >= 0.3 is 5.97 Å². The van der Waals surface area contributed by atoms with Gasteiger partial charge in [-0.3, -0.25) is 9.48 Å². The lowest BCUT2D eigenvalue weighted by Crippen LogP contribution is -2.32. The molecule has 0 aliphatic rings. The first-order valence-corrected chi connectivity index (χ1v) is 4.54. The van der Waals surface area contributed by atoms with E-state index in [2.05, 4.69) is 5.10 Å². The number of aryl methyl sites for hydroxylation is 2. The van der Waals surface area contributed by atoms with Gasteiger partial charge in [-0.15, -0.1) is 0 Å². The van der Waals surface area contributed by atoms with E-state index in [4.69, 9.17) is 10.8 Å². The smallest absolute Gasteiger partial charge is 0.320 e. The highest BCUT2D eigenvalue weighted by atomic mass is 16.4. The minimum absolute atomic E-state index is 0.318. The highest BCUT2D eigenvalue weighted by Gasteiger charge is 2.14. The van der Waals surface area contributed by atoms with Gasteiger partial charge in [0.05, 0.1) is 5.69 Å². The second kappa shape index (κ2) is 4.23. The maximum atomic E-state index is 10.5. The third-order valence-electron chi connectivity index (χ3n) is 2.14. The van der Waals surface area contributed by atoms with Crippen molar-refractivity contribution >= 4 is 5.97 Å². The van der Waals surface area contributed by atoms with Gasteiger partial charge in [0.15, 0.2) is 0 Å². The van der Waals surface area contributed by atoms with Gasteiger partial charge < -0.3 is 10.8 Å². The lowest BCUT2D eigenvalue weighted by molar-refractivity contribution is -0.138. The van der Waals surface area contributed by atoms with E-state index in [1.165, 1.54) is 0 Å². The fourth-order valence-electron chi connectivity index (χ4n) is 1.25. The summed E-state index contributed by atoms with van der Waals surface area (Å²) in [7, 11) is 1.79. The highest BCUT2D eigenvalue weighted by molar-refractivity contribution is 5.73. The summed E-state index contributed by atoms with van der Waals surface area (Å²) in [4.78, 5) is 10.5. The molecule has 0 amide bonds. The Bertz CT molecular complexity index is 333. The molecule has 0 fully saturated rings. The molecule has 3 N–H and O–H groups in total. The molecule has 0 aliphatic carbocycles. The third kappa shape index (κ3) is 2.32. The zero-order chi connectivity index (χ0) is 10.7. The number of nitrogens with zero attached hydrogens (tertiary/aromatic N) is 2. The van der Waals surface area contributed by atoms with Crippen LogP contribution < -0.4 is 5.73 Å². The fraction of sp³-hybridized carbons (Fsp3) is 0.556. The summed E-state index contributed by atoms with van der Waals surface area (Å²) in [6, 6.07) is 1.04. The lowest BCUT2D eigenvalue weighted by atomic mass is 10.1. The van der Waals surface area contributed by atoms with Crippen molar-refractivity contribution in [1.82, 2.24) is 9.78 Å². The minimum atomic E-state index is -0.982. The summed E-state index contributed by atoms with van der Waals surface area (Å²) in [6.45, 7) is 2.00. The van der Waals surface area contributed by atoms with Crippen LogP contribution in [0.1, 0.15) is 18.3 Å². The van der Waals surface area contributed by atoms with E-state index in [-0.39, 0.29) is 0 Å². The molecule has 1 atom stereocenters. The van der Waals surface area contributed by atoms with Crippen molar-refractivity contribution in [3.05, 3.63) is 17.5 Å². The first kappa shape index (κ1) is 10.7. The van der Waals surface area contributed by atoms with Crippen LogP contribution in [0.5, 0.6) is 0 Å². The maximum Gasteiger partial charge on any atom is 0.320 e. The SMILES string of the molecule is CCc1cc(C[C@H](N)C(=O)O)n(C)n1. The predicted molar refractivity (Wildman–Crippen MR) is 51.9 cm³/mol. The molecule has 5 heteroatoms. The minimum Gasteiger partial charge on any atom is -0.480 e. The molecule has 0 spiro atoms. The van der Waals surface area contributed by atoms with Crippen LogP contribution in [-0.4, -0.2) is 26.9 Å². The second-order valence-electron chi connectivity index (χ2n) is 3.25. The van der Waals surface area contributed by atoms with Crippen molar-refractivity contribution in [2.75, 3.05) is 0 Å². The molecule has 0 saturated carbocycles. The zero-order valence-corrected chi connectivity index (χ0v) is 8.40. The summed E-state index contributed by atoms with van der Waals surface area (Å²) in [5, 5.41) is 12.9. The Balaban J connectivity index is 2.75. The van der Waals surface area contributed by atoms with E-state index in [9.17, 15) is 4.79 Å². The number of carbonyl (C=O) groups is 1. The average molecular weight is 197 g/mol. The molecular weight excluding hydrogens is 182 g/mol. The average Bonchev–Trinajstić information content (AvgIpc) is 2.47. The predicted octanol–water partition coefficient (Wildman–Crippen LogP) is -0.0631. The van der Waals surface area contributed by atoms with Crippen molar-refractivity contribution in [2.45, 2.75) is 25.8 Å². The Morgan fingerprint density at radius 2 is 2.43 bits per heavy atom. The van der Waals surface area contributed by atoms with Crippen LogP contribution in [0.3, 0.4) is 0 Å². The highest BCUT2D eigenvalue weighted by Crippen LogP contribution is 2.06. The molecule has 1 heterocycles. The summed E-state index contributed by atoms with van der Waals surface area (Å²) in [6.07, 6.45) is 1.16. The zero-order valence-electron chi connectivity index (χ0n) is 8.40. The van der Waals surface area contributed by atoms with Crippen LogP contribution in [0.4, 0.5) is 0 Å². The van der Waals surface area contributed by atoms with Crippen LogP contribution in [0.15, 0.2) is 6.07 Å². The fourth-order valence-corrected chi connectivity index (χ4v) is 1.25. The van der Waals surface area contributed by atoms with Crippen molar-refractivity contribution in [1.29, 1.82) is 0 Å². The first-order chi connectivity index (χ1) is 6.54. The Labute approximate surface area is 82.5 Å². The van der Waals surface area contributed by atoms with Crippen molar-refractivity contribution in [2.24, 2.45) is 12.8 Å². The third-order valence-corrected chi connectivity index (χ3v) is 2.14. The molecule has 0 unspecified atom stereocenters. The number of aromatic nitrogens is 2. The monoisotopic (exact) mass is 197 g/mol. The van der Waals surface area contributed by atoms with Gasteiger partial charge in [0.2, 0.25) is 0 Å². The van der Waals surface area contributed by atoms with Crippen molar-refractivity contribution in [3.63, 3.8) is 0 Å². The quantitative estimate of drug-likeness (QED) is 0.708. The number of nitrogens with two attached hydrogens (primary N) is 1. The first-order valence-electron chi connectivity index (χ1n) is 4.54. The summed E-state index contributed by atoms with van der Waals surface area (Å²) >= 11 is 0. The number of hydrogen-bond donors (Lipinski definition) is 2. The van der Waals surface area contributed by atoms with Crippen LogP contribution >= 0.6 is 0 Å². The lowest BCUT2D eigenvalue weighted by Gasteiger charge is -2.05. The molecule has 0 aliphatic heterocycles. The van der Waals surface area contributed by atoms with Crippen molar-refractivity contribution < 1.29 is 9.90 Å². The molecule has 78 valence electrons. The molecular formula is C9H15N3O2. The molecule has 0 saturated heterocycles. The number of hydrogen-bond acceptors (Lipinski definition) is 3. The van der Waals surface area contributed by atoms with Crippen LogP contribution in [0.2, 0.25) is 0 Å². The number of aliphatic carboxylic acids is 1. The van der Waals surface area contributed by atoms with Crippen molar-refractivity contribution in [3.8, 4) is 0 Å². The van der Waals surface area contributed by atoms with Crippen LogP contribution in [0.25, 0.3) is 0 Å². The molecule has 0 bridgehead atoms. The summed E-state index contributed by atoms with van der Waals surface area (Å²) in [5.74, 6) is -0.982. The molecule has 1 aromatic rings. The Morgan fingerprint density at radius 3 is 2.86 bits per heavy atom. The van der Waals surface area contributed by atoms with E-state index in [1.807, 2.05) is 13.0 Å². The van der Waals surface area contributed by atoms with Gasteiger partial charge in [-0.1, -0.05) is 6.92 Å². The molecule has 1 aromatic heterocycles. The Kier molecular flexibility index (Phi) is 3.24. The standard InChI is InChI=1S/C9H15N3O2/c1-3-6-4-7(12(2)11-6)5-8(10)9(13)14/h4,8H,3,5,10H2,1-2H3,(H,13,14)/t8-/m0/s1. The van der Waals surface area contributed by atoms with Crippen LogP contribution in [0, 0.1) is 0 Å². The van der Waals surface area contributed by atoms with E-state index in [0.717, 1.165) is 17.8 Å². The van der Waals surface area contributed by atoms with Gasteiger partial charge in [0, 0.05) is 19.2 Å². The maximum absolute atomic E-state index is 10.5. The van der Waals surface area contributed by atoms with Crippen LogP contribution in [-0.2, 0) is 24.7 Å². The summed E-state index contributed by atoms with van der Waals surface area (Å²) < 4.78 is 1.68. The number of carboxylic acids is 1. The van der Waals surface area contributed by atoms with E-state index in [0.29, 0.717) is 6.42 Å². The van der Waals surface area contributed by atoms with E-state index >= 15 is 0 Å². The normalized spacial score (nSPS) is 12.8. The van der Waals surface area contributed by atoms with E-state index in [1.54, 1.807) is 11.7 Å². The molecule has 5 nitrogen and oxygen atoms in total. The van der Waals surface area contributed by atoms with Gasteiger partial charge in [-0.2, -0.15) is 5.10 Å². The van der Waals surface area contributed by atoms with Gasteiger partial charge in [-0.05, 0) is 12.5 Å². The van der Waals surface area contributed by atoms with Gasteiger partial charge in [-0.25, -0.2) is 0 Å². The van der Waals surface area contributed by atoms with E-state index < -0.39 is 12.0 Å². The molecule has 0 aromatic carbocycles. The molecule has 14 heavy (non-hydrogen) atoms. The number of carboxylic acid groups (broad SMARTS) is 1. The van der Waals surface area contributed by atoms with Gasteiger partial charge in [0.1, 0.15) is 6.04 Å². The van der Waals surface area contributed by atoms with Gasteiger partial charge in [0.25, 0.3) is 0 Å². The molecule has 0 radical (unpaired) electrons. The largest absolute Gasteiger partial charge is 0.480 e. The Hall–Kier alpha value is -1.36.